The number of rotatable bonds is 9. The highest BCUT2D eigenvalue weighted by molar-refractivity contribution is 6.74. The summed E-state index contributed by atoms with van der Waals surface area (Å²) in [6.07, 6.45) is 0.953. The minimum atomic E-state index is -1.97. The standard InChI is InChI=1S/C23H37N3O5Si/c1-23(2,3)32(4,5)31-15-13-18(20(24)27)25-21(28)19-12-9-14-26(19)22(29)30-16-17-10-7-6-8-11-17/h6-8,10-11,18-19H,9,12-16H2,1-5H3,(H2,24,27)(H,25,28)/t18-,19-/m1/s1. The zero-order chi connectivity index (χ0) is 23.9. The van der Waals surface area contributed by atoms with Crippen LogP contribution in [0.4, 0.5) is 4.79 Å². The van der Waals surface area contributed by atoms with E-state index in [4.69, 9.17) is 14.9 Å². The number of ether oxygens (including phenoxy) is 1. The summed E-state index contributed by atoms with van der Waals surface area (Å²) in [6.45, 7) is 11.6. The molecule has 0 aliphatic carbocycles. The first-order valence-corrected chi connectivity index (χ1v) is 14.0. The molecule has 2 atom stereocenters. The summed E-state index contributed by atoms with van der Waals surface area (Å²) < 4.78 is 11.5. The van der Waals surface area contributed by atoms with Crippen molar-refractivity contribution in [2.75, 3.05) is 13.2 Å². The molecular weight excluding hydrogens is 426 g/mol. The van der Waals surface area contributed by atoms with Crippen molar-refractivity contribution in [1.82, 2.24) is 10.2 Å². The summed E-state index contributed by atoms with van der Waals surface area (Å²) in [6, 6.07) is 7.83. The van der Waals surface area contributed by atoms with Crippen LogP contribution >= 0.6 is 0 Å². The molecule has 32 heavy (non-hydrogen) atoms. The van der Waals surface area contributed by atoms with Gasteiger partial charge >= 0.3 is 6.09 Å². The molecule has 1 aromatic rings. The van der Waals surface area contributed by atoms with E-state index >= 15 is 0 Å². The summed E-state index contributed by atoms with van der Waals surface area (Å²) in [4.78, 5) is 38.8. The number of amides is 3. The zero-order valence-electron chi connectivity index (χ0n) is 19.8. The number of carbonyl (C=O) groups is 3. The first kappa shape index (κ1) is 25.9. The second kappa shape index (κ2) is 11.0. The number of hydrogen-bond donors (Lipinski definition) is 2. The van der Waals surface area contributed by atoms with Gasteiger partial charge in [0.25, 0.3) is 0 Å². The first-order chi connectivity index (χ1) is 14.9. The van der Waals surface area contributed by atoms with Crippen LogP contribution < -0.4 is 11.1 Å². The average Bonchev–Trinajstić information content (AvgIpc) is 3.21. The van der Waals surface area contributed by atoms with E-state index in [2.05, 4.69) is 39.2 Å². The second-order valence-corrected chi connectivity index (χ2v) is 14.6. The van der Waals surface area contributed by atoms with Crippen molar-refractivity contribution in [2.24, 2.45) is 5.73 Å². The van der Waals surface area contributed by atoms with Gasteiger partial charge in [0.1, 0.15) is 18.7 Å². The van der Waals surface area contributed by atoms with Crippen LogP contribution in [0.3, 0.4) is 0 Å². The van der Waals surface area contributed by atoms with Gasteiger partial charge in [0.2, 0.25) is 11.8 Å². The largest absolute Gasteiger partial charge is 0.445 e. The van der Waals surface area contributed by atoms with Crippen LogP contribution in [-0.4, -0.2) is 56.4 Å². The summed E-state index contributed by atoms with van der Waals surface area (Å²) >= 11 is 0. The molecule has 1 aromatic carbocycles. The molecule has 1 aliphatic rings. The number of hydrogen-bond acceptors (Lipinski definition) is 5. The van der Waals surface area contributed by atoms with Crippen LogP contribution in [0.1, 0.15) is 45.6 Å². The molecule has 3 amide bonds. The lowest BCUT2D eigenvalue weighted by Gasteiger charge is -2.36. The van der Waals surface area contributed by atoms with Crippen molar-refractivity contribution in [2.45, 2.75) is 76.9 Å². The number of nitrogens with zero attached hydrogens (tertiary/aromatic N) is 1. The fraction of sp³-hybridized carbons (Fsp3) is 0.609. The molecule has 0 aromatic heterocycles. The molecule has 0 saturated carbocycles. The van der Waals surface area contributed by atoms with Crippen LogP contribution in [0.5, 0.6) is 0 Å². The molecule has 9 heteroatoms. The van der Waals surface area contributed by atoms with Gasteiger partial charge < -0.3 is 20.2 Å². The van der Waals surface area contributed by atoms with Gasteiger partial charge in [-0.3, -0.25) is 14.5 Å². The number of carbonyl (C=O) groups excluding carboxylic acids is 3. The van der Waals surface area contributed by atoms with E-state index in [1.54, 1.807) is 0 Å². The Kier molecular flexibility index (Phi) is 8.86. The van der Waals surface area contributed by atoms with Crippen LogP contribution in [0, 0.1) is 0 Å². The molecule has 0 bridgehead atoms. The van der Waals surface area contributed by atoms with Crippen molar-refractivity contribution < 1.29 is 23.5 Å². The second-order valence-electron chi connectivity index (χ2n) is 9.75. The number of nitrogens with two attached hydrogens (primary N) is 1. The normalized spacial score (nSPS) is 17.7. The number of likely N-dealkylation sites (tertiary alicyclic amines) is 1. The lowest BCUT2D eigenvalue weighted by Crippen LogP contribution is -2.53. The van der Waals surface area contributed by atoms with Crippen LogP contribution in [0.15, 0.2) is 30.3 Å². The fourth-order valence-electron chi connectivity index (χ4n) is 3.26. The molecule has 0 unspecified atom stereocenters. The Bertz CT molecular complexity index is 795. The van der Waals surface area contributed by atoms with Crippen molar-refractivity contribution >= 4 is 26.2 Å². The Morgan fingerprint density at radius 2 is 1.88 bits per heavy atom. The van der Waals surface area contributed by atoms with Gasteiger partial charge in [0, 0.05) is 13.2 Å². The Morgan fingerprint density at radius 1 is 1.22 bits per heavy atom. The maximum Gasteiger partial charge on any atom is 0.410 e. The third kappa shape index (κ3) is 7.06. The third-order valence-electron chi connectivity index (χ3n) is 6.33. The van der Waals surface area contributed by atoms with Gasteiger partial charge in [-0.25, -0.2) is 4.79 Å². The summed E-state index contributed by atoms with van der Waals surface area (Å²) in [5.41, 5.74) is 6.39. The quantitative estimate of drug-likeness (QED) is 0.547. The van der Waals surface area contributed by atoms with E-state index in [0.29, 0.717) is 32.4 Å². The Balaban J connectivity index is 1.91. The number of primary amides is 1. The highest BCUT2D eigenvalue weighted by Crippen LogP contribution is 2.36. The smallest absolute Gasteiger partial charge is 0.410 e. The van der Waals surface area contributed by atoms with Gasteiger partial charge in [-0.05, 0) is 43.0 Å². The Labute approximate surface area is 191 Å². The van der Waals surface area contributed by atoms with Crippen LogP contribution in [0.25, 0.3) is 0 Å². The topological polar surface area (TPSA) is 111 Å². The molecule has 2 rings (SSSR count). The minimum Gasteiger partial charge on any atom is -0.445 e. The first-order valence-electron chi connectivity index (χ1n) is 11.1. The molecule has 1 heterocycles. The highest BCUT2D eigenvalue weighted by Gasteiger charge is 2.38. The molecule has 0 spiro atoms. The highest BCUT2D eigenvalue weighted by atomic mass is 28.4. The molecule has 0 radical (unpaired) electrons. The van der Waals surface area contributed by atoms with Gasteiger partial charge in [0.05, 0.1) is 0 Å². The summed E-state index contributed by atoms with van der Waals surface area (Å²) in [5, 5.41) is 2.76. The predicted molar refractivity (Wildman–Crippen MR) is 125 cm³/mol. The summed E-state index contributed by atoms with van der Waals surface area (Å²) in [5.74, 6) is -1.01. The monoisotopic (exact) mass is 463 g/mol. The molecule has 1 aliphatic heterocycles. The van der Waals surface area contributed by atoms with Crippen molar-refractivity contribution in [3.05, 3.63) is 35.9 Å². The molecule has 8 nitrogen and oxygen atoms in total. The van der Waals surface area contributed by atoms with Crippen molar-refractivity contribution in [3.63, 3.8) is 0 Å². The molecule has 3 N–H and O–H groups in total. The average molecular weight is 464 g/mol. The number of nitrogens with one attached hydrogen (secondary N) is 1. The van der Waals surface area contributed by atoms with E-state index in [1.807, 2.05) is 30.3 Å². The van der Waals surface area contributed by atoms with Crippen LogP contribution in [0.2, 0.25) is 18.1 Å². The third-order valence-corrected chi connectivity index (χ3v) is 10.9. The molecule has 1 fully saturated rings. The van der Waals surface area contributed by atoms with Crippen molar-refractivity contribution in [1.29, 1.82) is 0 Å². The molecule has 178 valence electrons. The van der Waals surface area contributed by atoms with Gasteiger partial charge in [-0.2, -0.15) is 0 Å². The minimum absolute atomic E-state index is 0.0446. The van der Waals surface area contributed by atoms with E-state index in [9.17, 15) is 14.4 Å². The number of benzene rings is 1. The SMILES string of the molecule is CC(C)(C)[Si](C)(C)OCC[C@@H](NC(=O)[C@H]1CCCN1C(=O)OCc1ccccc1)C(N)=O. The van der Waals surface area contributed by atoms with E-state index < -0.39 is 38.3 Å². The molecule has 1 saturated heterocycles. The van der Waals surface area contributed by atoms with Crippen LogP contribution in [-0.2, 0) is 25.4 Å². The summed E-state index contributed by atoms with van der Waals surface area (Å²) in [7, 11) is -1.97. The maximum atomic E-state index is 12.9. The molecular formula is C23H37N3O5Si. The maximum absolute atomic E-state index is 12.9. The van der Waals surface area contributed by atoms with E-state index in [1.165, 1.54) is 4.90 Å². The fourth-order valence-corrected chi connectivity index (χ4v) is 4.32. The zero-order valence-corrected chi connectivity index (χ0v) is 20.8. The lowest BCUT2D eigenvalue weighted by molar-refractivity contribution is -0.130. The van der Waals surface area contributed by atoms with E-state index in [-0.39, 0.29) is 11.6 Å². The van der Waals surface area contributed by atoms with Gasteiger partial charge in [0.15, 0.2) is 8.32 Å². The van der Waals surface area contributed by atoms with E-state index in [0.717, 1.165) is 5.56 Å². The Hall–Kier alpha value is -2.39. The predicted octanol–water partition coefficient (Wildman–Crippen LogP) is 3.17. The Morgan fingerprint density at radius 3 is 2.47 bits per heavy atom. The van der Waals surface area contributed by atoms with Gasteiger partial charge in [-0.1, -0.05) is 51.1 Å². The lowest BCUT2D eigenvalue weighted by atomic mass is 10.1. The van der Waals surface area contributed by atoms with Crippen molar-refractivity contribution in [3.8, 4) is 0 Å². The van der Waals surface area contributed by atoms with Gasteiger partial charge in [-0.15, -0.1) is 0 Å².